The third kappa shape index (κ3) is 2.89. The molecule has 1 aromatic rings. The van der Waals surface area contributed by atoms with E-state index >= 15 is 0 Å². The minimum atomic E-state index is 0.327. The molecule has 1 heterocycles. The smallest absolute Gasteiger partial charge is 0.155 e. The van der Waals surface area contributed by atoms with E-state index in [0.29, 0.717) is 24.2 Å². The van der Waals surface area contributed by atoms with Crippen molar-refractivity contribution in [2.24, 2.45) is 11.8 Å². The van der Waals surface area contributed by atoms with E-state index in [0.717, 1.165) is 25.8 Å². The van der Waals surface area contributed by atoms with Gasteiger partial charge in [0, 0.05) is 18.2 Å². The molecule has 108 valence electrons. The zero-order valence-corrected chi connectivity index (χ0v) is 12.5. The molecule has 0 spiro atoms. The van der Waals surface area contributed by atoms with Gasteiger partial charge in [-0.25, -0.2) is 0 Å². The maximum Gasteiger partial charge on any atom is 0.155 e. The number of hydrogen-bond donors (Lipinski definition) is 0. The van der Waals surface area contributed by atoms with Gasteiger partial charge in [0.2, 0.25) is 0 Å². The van der Waals surface area contributed by atoms with E-state index in [-0.39, 0.29) is 0 Å². The number of carbonyl (C=O) groups excluding carboxylic acids is 1. The molecule has 0 N–H and O–H groups in total. The summed E-state index contributed by atoms with van der Waals surface area (Å²) in [6.07, 6.45) is 7.16. The summed E-state index contributed by atoms with van der Waals surface area (Å²) in [6, 6.07) is 8.59. The first kappa shape index (κ1) is 13.7. The van der Waals surface area contributed by atoms with Crippen molar-refractivity contribution in [1.29, 1.82) is 0 Å². The lowest BCUT2D eigenvalue weighted by molar-refractivity contribution is -0.122. The van der Waals surface area contributed by atoms with E-state index in [2.05, 4.69) is 36.1 Å². The second kappa shape index (κ2) is 5.99. The summed E-state index contributed by atoms with van der Waals surface area (Å²) < 4.78 is 0. The zero-order valence-electron chi connectivity index (χ0n) is 12.5. The summed E-state index contributed by atoms with van der Waals surface area (Å²) in [5.74, 6) is 1.44. The monoisotopic (exact) mass is 271 g/mol. The SMILES string of the molecule is CC1Cc2ccccc2N(CC(=O)C2CCCCC2)C1. The lowest BCUT2D eigenvalue weighted by atomic mass is 9.85. The Hall–Kier alpha value is -1.31. The predicted molar refractivity (Wildman–Crippen MR) is 83.1 cm³/mol. The van der Waals surface area contributed by atoms with E-state index < -0.39 is 0 Å². The summed E-state index contributed by atoms with van der Waals surface area (Å²) in [5, 5.41) is 0. The molecule has 2 nitrogen and oxygen atoms in total. The summed E-state index contributed by atoms with van der Waals surface area (Å²) in [7, 11) is 0. The van der Waals surface area contributed by atoms with Crippen LogP contribution in [0.3, 0.4) is 0 Å². The molecule has 1 atom stereocenters. The molecule has 1 aliphatic heterocycles. The molecular weight excluding hydrogens is 246 g/mol. The average Bonchev–Trinajstić information content (AvgIpc) is 2.48. The van der Waals surface area contributed by atoms with Gasteiger partial charge in [-0.15, -0.1) is 0 Å². The second-order valence-electron chi connectivity index (χ2n) is 6.62. The van der Waals surface area contributed by atoms with E-state index in [4.69, 9.17) is 0 Å². The molecular formula is C18H25NO. The van der Waals surface area contributed by atoms with E-state index in [9.17, 15) is 4.79 Å². The van der Waals surface area contributed by atoms with Gasteiger partial charge in [0.25, 0.3) is 0 Å². The summed E-state index contributed by atoms with van der Waals surface area (Å²) in [5.41, 5.74) is 2.69. The minimum absolute atomic E-state index is 0.327. The fourth-order valence-corrected chi connectivity index (χ4v) is 3.80. The number of rotatable bonds is 3. The first-order chi connectivity index (χ1) is 9.74. The molecule has 0 bridgehead atoms. The van der Waals surface area contributed by atoms with Gasteiger partial charge in [-0.05, 0) is 36.8 Å². The van der Waals surface area contributed by atoms with Gasteiger partial charge < -0.3 is 4.90 Å². The molecule has 2 heteroatoms. The second-order valence-corrected chi connectivity index (χ2v) is 6.62. The van der Waals surface area contributed by atoms with Crippen molar-refractivity contribution < 1.29 is 4.79 Å². The maximum atomic E-state index is 12.5. The Morgan fingerprint density at radius 2 is 1.95 bits per heavy atom. The van der Waals surface area contributed by atoms with Crippen LogP contribution >= 0.6 is 0 Å². The lowest BCUT2D eigenvalue weighted by Crippen LogP contribution is -2.40. The van der Waals surface area contributed by atoms with Gasteiger partial charge >= 0.3 is 0 Å². The standard InChI is InChI=1S/C18H25NO/c1-14-11-16-9-5-6-10-17(16)19(12-14)13-18(20)15-7-3-2-4-8-15/h5-6,9-10,14-15H,2-4,7-8,11-13H2,1H3. The third-order valence-corrected chi connectivity index (χ3v) is 4.84. The highest BCUT2D eigenvalue weighted by molar-refractivity contribution is 5.86. The Morgan fingerprint density at radius 1 is 1.20 bits per heavy atom. The van der Waals surface area contributed by atoms with Gasteiger partial charge in [0.05, 0.1) is 6.54 Å². The van der Waals surface area contributed by atoms with Crippen LogP contribution in [0.5, 0.6) is 0 Å². The molecule has 1 saturated carbocycles. The highest BCUT2D eigenvalue weighted by Crippen LogP contribution is 2.30. The van der Waals surface area contributed by atoms with Gasteiger partial charge in [-0.1, -0.05) is 44.4 Å². The summed E-state index contributed by atoms with van der Waals surface area (Å²) in [4.78, 5) is 14.9. The maximum absolute atomic E-state index is 12.5. The van der Waals surface area contributed by atoms with Crippen molar-refractivity contribution in [2.75, 3.05) is 18.0 Å². The molecule has 0 saturated heterocycles. The topological polar surface area (TPSA) is 20.3 Å². The first-order valence-electron chi connectivity index (χ1n) is 8.09. The number of para-hydroxylation sites is 1. The van der Waals surface area contributed by atoms with E-state index in [1.807, 2.05) is 0 Å². The van der Waals surface area contributed by atoms with Crippen LogP contribution in [0.25, 0.3) is 0 Å². The molecule has 2 aliphatic rings. The number of nitrogens with zero attached hydrogens (tertiary/aromatic N) is 1. The molecule has 20 heavy (non-hydrogen) atoms. The molecule has 1 aromatic carbocycles. The fourth-order valence-electron chi connectivity index (χ4n) is 3.80. The highest BCUT2D eigenvalue weighted by Gasteiger charge is 2.27. The van der Waals surface area contributed by atoms with E-state index in [1.165, 1.54) is 30.5 Å². The largest absolute Gasteiger partial charge is 0.364 e. The third-order valence-electron chi connectivity index (χ3n) is 4.84. The molecule has 1 aliphatic carbocycles. The number of carbonyl (C=O) groups is 1. The van der Waals surface area contributed by atoms with Gasteiger partial charge in [-0.2, -0.15) is 0 Å². The highest BCUT2D eigenvalue weighted by atomic mass is 16.1. The lowest BCUT2D eigenvalue weighted by Gasteiger charge is -2.35. The molecule has 0 amide bonds. The Labute approximate surface area is 122 Å². The Bertz CT molecular complexity index is 476. The fraction of sp³-hybridized carbons (Fsp3) is 0.611. The molecule has 0 aromatic heterocycles. The van der Waals surface area contributed by atoms with Gasteiger partial charge in [-0.3, -0.25) is 4.79 Å². The minimum Gasteiger partial charge on any atom is -0.364 e. The summed E-state index contributed by atoms with van der Waals surface area (Å²) in [6.45, 7) is 3.93. The van der Waals surface area contributed by atoms with Crippen LogP contribution in [0.4, 0.5) is 5.69 Å². The summed E-state index contributed by atoms with van der Waals surface area (Å²) >= 11 is 0. The van der Waals surface area contributed by atoms with Crippen molar-refractivity contribution >= 4 is 11.5 Å². The van der Waals surface area contributed by atoms with Gasteiger partial charge in [0.15, 0.2) is 5.78 Å². The normalized spacial score (nSPS) is 23.4. The number of ketones is 1. The van der Waals surface area contributed by atoms with Crippen LogP contribution in [0.1, 0.15) is 44.6 Å². The first-order valence-corrected chi connectivity index (χ1v) is 8.09. The van der Waals surface area contributed by atoms with Crippen LogP contribution in [-0.4, -0.2) is 18.9 Å². The van der Waals surface area contributed by atoms with Crippen molar-refractivity contribution in [3.63, 3.8) is 0 Å². The van der Waals surface area contributed by atoms with Crippen LogP contribution in [0, 0.1) is 11.8 Å². The van der Waals surface area contributed by atoms with Crippen molar-refractivity contribution in [2.45, 2.75) is 45.4 Å². The van der Waals surface area contributed by atoms with Crippen LogP contribution < -0.4 is 4.90 Å². The number of hydrogen-bond acceptors (Lipinski definition) is 2. The quantitative estimate of drug-likeness (QED) is 0.832. The predicted octanol–water partition coefficient (Wildman–Crippen LogP) is 3.83. The van der Waals surface area contributed by atoms with Gasteiger partial charge in [0.1, 0.15) is 0 Å². The number of fused-ring (bicyclic) bond motifs is 1. The average molecular weight is 271 g/mol. The van der Waals surface area contributed by atoms with Crippen LogP contribution in [0.2, 0.25) is 0 Å². The molecule has 1 fully saturated rings. The van der Waals surface area contributed by atoms with Crippen molar-refractivity contribution in [3.05, 3.63) is 29.8 Å². The van der Waals surface area contributed by atoms with Crippen molar-refractivity contribution in [3.8, 4) is 0 Å². The molecule has 1 unspecified atom stereocenters. The molecule has 3 rings (SSSR count). The zero-order chi connectivity index (χ0) is 13.9. The van der Waals surface area contributed by atoms with Crippen LogP contribution in [-0.2, 0) is 11.2 Å². The number of Topliss-reactive ketones (excluding diaryl/α,β-unsaturated/α-hetero) is 1. The number of benzene rings is 1. The Balaban J connectivity index is 1.72. The number of anilines is 1. The Morgan fingerprint density at radius 3 is 2.75 bits per heavy atom. The molecule has 0 radical (unpaired) electrons. The Kier molecular flexibility index (Phi) is 4.09. The van der Waals surface area contributed by atoms with E-state index in [1.54, 1.807) is 0 Å². The van der Waals surface area contributed by atoms with Crippen LogP contribution in [0.15, 0.2) is 24.3 Å². The van der Waals surface area contributed by atoms with Crippen molar-refractivity contribution in [1.82, 2.24) is 0 Å².